The van der Waals surface area contributed by atoms with Crippen molar-refractivity contribution < 1.29 is 41.4 Å². The molecule has 0 saturated carbocycles. The van der Waals surface area contributed by atoms with Crippen molar-refractivity contribution in [3.63, 3.8) is 0 Å². The highest BCUT2D eigenvalue weighted by atomic mass is 19.4. The van der Waals surface area contributed by atoms with Gasteiger partial charge in [-0.05, 0) is 24.3 Å². The van der Waals surface area contributed by atoms with Crippen LogP contribution in [0.1, 0.15) is 16.8 Å². The number of benzene rings is 2. The van der Waals surface area contributed by atoms with Crippen LogP contribution < -0.4 is 9.64 Å². The number of carbonyl (C=O) groups is 2. The van der Waals surface area contributed by atoms with Crippen molar-refractivity contribution >= 4 is 28.5 Å². The molecule has 0 bridgehead atoms. The van der Waals surface area contributed by atoms with Gasteiger partial charge in [-0.1, -0.05) is 30.3 Å². The van der Waals surface area contributed by atoms with Gasteiger partial charge in [-0.25, -0.2) is 18.6 Å². The van der Waals surface area contributed by atoms with Crippen molar-refractivity contribution in [1.29, 1.82) is 0 Å². The third-order valence-electron chi connectivity index (χ3n) is 5.55. The number of rotatable bonds is 4. The van der Waals surface area contributed by atoms with Gasteiger partial charge in [0.15, 0.2) is 6.10 Å². The topological polar surface area (TPSA) is 83.0 Å². The summed E-state index contributed by atoms with van der Waals surface area (Å²) in [4.78, 5) is 29.6. The second-order valence-electron chi connectivity index (χ2n) is 8.43. The van der Waals surface area contributed by atoms with Crippen LogP contribution >= 0.6 is 0 Å². The predicted molar refractivity (Wildman–Crippen MR) is 126 cm³/mol. The molecule has 0 radical (unpaired) electrons. The van der Waals surface area contributed by atoms with Crippen molar-refractivity contribution in [2.45, 2.75) is 24.6 Å². The summed E-state index contributed by atoms with van der Waals surface area (Å²) in [6.07, 6.45) is -7.00. The fourth-order valence-electron chi connectivity index (χ4n) is 3.65. The van der Waals surface area contributed by atoms with E-state index in [0.717, 1.165) is 11.1 Å². The molecule has 1 aliphatic rings. The largest absolute Gasteiger partial charge is 0.490 e. The molecule has 1 N–H and O–H groups in total. The molecule has 3 aromatic rings. The molecule has 198 valence electrons. The molecular weight excluding hydrogens is 501 g/mol. The lowest BCUT2D eigenvalue weighted by Gasteiger charge is -2.38. The van der Waals surface area contributed by atoms with Crippen LogP contribution in [0.5, 0.6) is 5.88 Å². The van der Waals surface area contributed by atoms with Crippen molar-refractivity contribution in [2.75, 3.05) is 32.1 Å². The Bertz CT molecular complexity index is 1270. The Labute approximate surface area is 209 Å². The summed E-state index contributed by atoms with van der Waals surface area (Å²) in [5.41, 5.74) is 1.89. The second kappa shape index (κ2) is 11.0. The number of piperidine rings is 1. The van der Waals surface area contributed by atoms with Crippen molar-refractivity contribution in [1.82, 2.24) is 9.88 Å². The summed E-state index contributed by atoms with van der Waals surface area (Å²) < 4.78 is 66.6. The Morgan fingerprint density at radius 1 is 1.05 bits per heavy atom. The maximum absolute atomic E-state index is 14.6. The highest BCUT2D eigenvalue weighted by Crippen LogP contribution is 2.33. The van der Waals surface area contributed by atoms with Crippen LogP contribution in [-0.2, 0) is 4.79 Å². The van der Waals surface area contributed by atoms with E-state index < -0.39 is 30.6 Å². The minimum atomic E-state index is -5.08. The SMILES string of the molecule is CN(C)c1ccccc1C(=O)N1CCC(F)(F)C(Oc2ccc3ccccc3n2)C1.O=C(O)C(F)(F)F. The molecule has 0 spiro atoms. The molecule has 1 fully saturated rings. The lowest BCUT2D eigenvalue weighted by molar-refractivity contribution is -0.192. The number of carboxylic acid groups (broad SMARTS) is 1. The number of ether oxygens (including phenoxy) is 1. The molecule has 1 unspecified atom stereocenters. The lowest BCUT2D eigenvalue weighted by atomic mass is 10.0. The van der Waals surface area contributed by atoms with Crippen LogP contribution in [0.15, 0.2) is 60.7 Å². The first kappa shape index (κ1) is 27.6. The van der Waals surface area contributed by atoms with Crippen LogP contribution in [-0.4, -0.2) is 72.3 Å². The number of hydrogen-bond donors (Lipinski definition) is 1. The first-order chi connectivity index (χ1) is 17.3. The van der Waals surface area contributed by atoms with Crippen LogP contribution in [0.2, 0.25) is 0 Å². The minimum Gasteiger partial charge on any atom is -0.475 e. The van der Waals surface area contributed by atoms with Crippen LogP contribution in [0.3, 0.4) is 0 Å². The molecular formula is C25H24F5N3O4. The van der Waals surface area contributed by atoms with E-state index in [1.807, 2.05) is 49.3 Å². The fraction of sp³-hybridized carbons (Fsp3) is 0.320. The van der Waals surface area contributed by atoms with Gasteiger partial charge in [0.05, 0.1) is 17.6 Å². The van der Waals surface area contributed by atoms with E-state index in [2.05, 4.69) is 4.98 Å². The van der Waals surface area contributed by atoms with Gasteiger partial charge in [-0.15, -0.1) is 0 Å². The van der Waals surface area contributed by atoms with Gasteiger partial charge < -0.3 is 19.6 Å². The zero-order valence-electron chi connectivity index (χ0n) is 19.9. The third-order valence-corrected chi connectivity index (χ3v) is 5.55. The number of nitrogens with zero attached hydrogens (tertiary/aromatic N) is 3. The first-order valence-corrected chi connectivity index (χ1v) is 11.1. The van der Waals surface area contributed by atoms with E-state index in [1.54, 1.807) is 30.3 Å². The Balaban J connectivity index is 0.000000479. The van der Waals surface area contributed by atoms with Crippen LogP contribution in [0.25, 0.3) is 10.9 Å². The number of pyridine rings is 1. The summed E-state index contributed by atoms with van der Waals surface area (Å²) >= 11 is 0. The van der Waals surface area contributed by atoms with E-state index in [9.17, 15) is 26.7 Å². The molecule has 1 amide bonds. The Hall–Kier alpha value is -3.96. The number of fused-ring (bicyclic) bond motifs is 1. The normalized spacial score (nSPS) is 16.9. The Morgan fingerprint density at radius 3 is 2.32 bits per heavy atom. The number of hydrogen-bond acceptors (Lipinski definition) is 5. The van der Waals surface area contributed by atoms with Crippen molar-refractivity contribution in [3.8, 4) is 5.88 Å². The number of carboxylic acids is 1. The quantitative estimate of drug-likeness (QED) is 0.490. The average molecular weight is 525 g/mol. The van der Waals surface area contributed by atoms with Crippen molar-refractivity contribution in [2.24, 2.45) is 0 Å². The number of carbonyl (C=O) groups excluding carboxylic acids is 1. The number of para-hydroxylation sites is 2. The summed E-state index contributed by atoms with van der Waals surface area (Å²) in [7, 11) is 3.68. The van der Waals surface area contributed by atoms with Crippen LogP contribution in [0, 0.1) is 0 Å². The van der Waals surface area contributed by atoms with Gasteiger partial charge in [0.2, 0.25) is 5.88 Å². The summed E-state index contributed by atoms with van der Waals surface area (Å²) in [5, 5.41) is 8.03. The van der Waals surface area contributed by atoms with E-state index in [4.69, 9.17) is 14.6 Å². The molecule has 2 heterocycles. The number of aliphatic carboxylic acids is 1. The van der Waals surface area contributed by atoms with Gasteiger partial charge in [0, 0.05) is 44.2 Å². The molecule has 2 aromatic carbocycles. The molecule has 1 saturated heterocycles. The Morgan fingerprint density at radius 2 is 1.68 bits per heavy atom. The molecule has 1 atom stereocenters. The molecule has 0 aliphatic carbocycles. The lowest BCUT2D eigenvalue weighted by Crippen LogP contribution is -2.55. The van der Waals surface area contributed by atoms with Gasteiger partial charge in [-0.2, -0.15) is 13.2 Å². The van der Waals surface area contributed by atoms with Crippen molar-refractivity contribution in [3.05, 3.63) is 66.2 Å². The molecule has 4 rings (SSSR count). The van der Waals surface area contributed by atoms with Gasteiger partial charge in [-0.3, -0.25) is 4.79 Å². The zero-order chi connectivity index (χ0) is 27.4. The molecule has 37 heavy (non-hydrogen) atoms. The number of amides is 1. The number of alkyl halides is 5. The monoisotopic (exact) mass is 525 g/mol. The van der Waals surface area contributed by atoms with Gasteiger partial charge >= 0.3 is 12.1 Å². The number of halogens is 5. The molecule has 1 aromatic heterocycles. The fourth-order valence-corrected chi connectivity index (χ4v) is 3.65. The number of aromatic nitrogens is 1. The van der Waals surface area contributed by atoms with E-state index in [0.29, 0.717) is 11.1 Å². The summed E-state index contributed by atoms with van der Waals surface area (Å²) in [6.45, 7) is -0.235. The highest BCUT2D eigenvalue weighted by molar-refractivity contribution is 5.99. The van der Waals surface area contributed by atoms with Gasteiger partial charge in [0.25, 0.3) is 11.8 Å². The van der Waals surface area contributed by atoms with E-state index >= 15 is 0 Å². The summed E-state index contributed by atoms with van der Waals surface area (Å²) in [6, 6.07) is 17.9. The number of anilines is 1. The maximum Gasteiger partial charge on any atom is 0.490 e. The standard InChI is InChI=1S/C23H23F2N3O2.C2HF3O2/c1-27(2)19-10-6-4-8-17(19)22(29)28-14-13-23(24,25)20(15-28)30-21-12-11-16-7-3-5-9-18(16)26-21;3-2(4,5)1(6)7/h3-12,20H,13-15H2,1-2H3;(H,6,7). The molecule has 7 nitrogen and oxygen atoms in total. The number of likely N-dealkylation sites (tertiary alicyclic amines) is 1. The smallest absolute Gasteiger partial charge is 0.475 e. The average Bonchev–Trinajstić information content (AvgIpc) is 2.84. The third kappa shape index (κ3) is 6.83. The molecule has 1 aliphatic heterocycles. The minimum absolute atomic E-state index is 0.0292. The maximum atomic E-state index is 14.6. The zero-order valence-corrected chi connectivity index (χ0v) is 19.9. The van der Waals surface area contributed by atoms with E-state index in [1.165, 1.54) is 4.90 Å². The van der Waals surface area contributed by atoms with Crippen LogP contribution in [0.4, 0.5) is 27.6 Å². The molecule has 12 heteroatoms. The predicted octanol–water partition coefficient (Wildman–Crippen LogP) is 4.86. The van der Waals surface area contributed by atoms with Gasteiger partial charge in [0.1, 0.15) is 0 Å². The first-order valence-electron chi connectivity index (χ1n) is 11.1. The highest BCUT2D eigenvalue weighted by Gasteiger charge is 2.47. The van der Waals surface area contributed by atoms with E-state index in [-0.39, 0.29) is 24.9 Å². The second-order valence-corrected chi connectivity index (χ2v) is 8.43. The summed E-state index contributed by atoms with van der Waals surface area (Å²) in [5.74, 6) is -5.96. The Kier molecular flexibility index (Phi) is 8.19.